The first-order chi connectivity index (χ1) is 9.25. The van der Waals surface area contributed by atoms with Gasteiger partial charge in [0.15, 0.2) is 0 Å². The summed E-state index contributed by atoms with van der Waals surface area (Å²) >= 11 is 0. The van der Waals surface area contributed by atoms with Crippen molar-refractivity contribution in [2.45, 2.75) is 52.0 Å². The van der Waals surface area contributed by atoms with Crippen LogP contribution >= 0.6 is 0 Å². The minimum atomic E-state index is 0.479. The molecular formula is C15H22N4. The number of fused-ring (bicyclic) bond motifs is 1. The van der Waals surface area contributed by atoms with E-state index < -0.39 is 0 Å². The standard InChI is InChI=1S/C15H22N4/c1-10(12-6-4-3-5-7-12)17-15-14-11(2)18-19-13(14)8-9-16-15/h8-10,12H,3-7H2,1-2H3,(H,16,17)(H,18,19)/t10-/m1/s1. The second-order valence-electron chi connectivity index (χ2n) is 5.73. The maximum Gasteiger partial charge on any atom is 0.137 e. The monoisotopic (exact) mass is 258 g/mol. The molecule has 1 fully saturated rings. The molecule has 0 aliphatic heterocycles. The van der Waals surface area contributed by atoms with E-state index in [9.17, 15) is 0 Å². The molecule has 0 amide bonds. The lowest BCUT2D eigenvalue weighted by molar-refractivity contribution is 0.328. The Morgan fingerprint density at radius 2 is 2.11 bits per heavy atom. The summed E-state index contributed by atoms with van der Waals surface area (Å²) in [6.07, 6.45) is 8.66. The van der Waals surface area contributed by atoms with Gasteiger partial charge in [0.2, 0.25) is 0 Å². The Morgan fingerprint density at radius 1 is 1.32 bits per heavy atom. The molecule has 0 radical (unpaired) electrons. The van der Waals surface area contributed by atoms with Gasteiger partial charge in [0.1, 0.15) is 5.82 Å². The van der Waals surface area contributed by atoms with Crippen LogP contribution in [-0.4, -0.2) is 21.2 Å². The molecule has 2 heterocycles. The first-order valence-electron chi connectivity index (χ1n) is 7.32. The van der Waals surface area contributed by atoms with E-state index in [1.807, 2.05) is 19.2 Å². The molecule has 4 nitrogen and oxygen atoms in total. The Balaban J connectivity index is 1.82. The van der Waals surface area contributed by atoms with Crippen LogP contribution < -0.4 is 5.32 Å². The number of nitrogens with one attached hydrogen (secondary N) is 2. The highest BCUT2D eigenvalue weighted by atomic mass is 15.1. The van der Waals surface area contributed by atoms with Crippen molar-refractivity contribution < 1.29 is 0 Å². The molecule has 4 heteroatoms. The quantitative estimate of drug-likeness (QED) is 0.883. The normalized spacial score (nSPS) is 18.6. The maximum atomic E-state index is 4.50. The van der Waals surface area contributed by atoms with E-state index >= 15 is 0 Å². The maximum absolute atomic E-state index is 4.50. The number of aromatic nitrogens is 3. The van der Waals surface area contributed by atoms with Crippen molar-refractivity contribution in [1.29, 1.82) is 0 Å². The van der Waals surface area contributed by atoms with Gasteiger partial charge in [-0.3, -0.25) is 5.10 Å². The minimum absolute atomic E-state index is 0.479. The zero-order chi connectivity index (χ0) is 13.2. The molecule has 1 aliphatic rings. The van der Waals surface area contributed by atoms with Gasteiger partial charge in [-0.05, 0) is 38.7 Å². The third-order valence-electron chi connectivity index (χ3n) is 4.37. The summed E-state index contributed by atoms with van der Waals surface area (Å²) in [6, 6.07) is 2.43. The van der Waals surface area contributed by atoms with Gasteiger partial charge in [0, 0.05) is 17.9 Å². The minimum Gasteiger partial charge on any atom is -0.367 e. The number of nitrogens with zero attached hydrogens (tertiary/aromatic N) is 2. The van der Waals surface area contributed by atoms with Crippen LogP contribution in [0, 0.1) is 12.8 Å². The summed E-state index contributed by atoms with van der Waals surface area (Å²) < 4.78 is 0. The number of H-pyrrole nitrogens is 1. The number of anilines is 1. The molecule has 1 atom stereocenters. The van der Waals surface area contributed by atoms with E-state index in [0.29, 0.717) is 6.04 Å². The van der Waals surface area contributed by atoms with Gasteiger partial charge >= 0.3 is 0 Å². The average Bonchev–Trinajstić information content (AvgIpc) is 2.83. The molecule has 1 saturated carbocycles. The van der Waals surface area contributed by atoms with Crippen LogP contribution in [0.15, 0.2) is 12.3 Å². The molecule has 102 valence electrons. The highest BCUT2D eigenvalue weighted by Gasteiger charge is 2.21. The first-order valence-corrected chi connectivity index (χ1v) is 7.32. The summed E-state index contributed by atoms with van der Waals surface area (Å²) in [7, 11) is 0. The molecular weight excluding hydrogens is 236 g/mol. The summed E-state index contributed by atoms with van der Waals surface area (Å²) in [5.74, 6) is 1.75. The van der Waals surface area contributed by atoms with Crippen LogP contribution in [0.4, 0.5) is 5.82 Å². The molecule has 0 unspecified atom stereocenters. The summed E-state index contributed by atoms with van der Waals surface area (Å²) in [4.78, 5) is 4.50. The van der Waals surface area contributed by atoms with Gasteiger partial charge < -0.3 is 5.32 Å². The topological polar surface area (TPSA) is 53.6 Å². The lowest BCUT2D eigenvalue weighted by Gasteiger charge is -2.28. The van der Waals surface area contributed by atoms with Gasteiger partial charge in [0.05, 0.1) is 10.9 Å². The van der Waals surface area contributed by atoms with Crippen molar-refractivity contribution >= 4 is 16.7 Å². The van der Waals surface area contributed by atoms with Gasteiger partial charge in [-0.25, -0.2) is 4.98 Å². The van der Waals surface area contributed by atoms with Gasteiger partial charge in [-0.1, -0.05) is 19.3 Å². The molecule has 2 aromatic rings. The summed E-state index contributed by atoms with van der Waals surface area (Å²) in [5, 5.41) is 12.1. The largest absolute Gasteiger partial charge is 0.367 e. The zero-order valence-electron chi connectivity index (χ0n) is 11.7. The van der Waals surface area contributed by atoms with Gasteiger partial charge in [-0.15, -0.1) is 0 Å². The van der Waals surface area contributed by atoms with Crippen molar-refractivity contribution in [3.8, 4) is 0 Å². The van der Waals surface area contributed by atoms with E-state index in [0.717, 1.165) is 28.3 Å². The molecule has 0 aromatic carbocycles. The van der Waals surface area contributed by atoms with Gasteiger partial charge in [0.25, 0.3) is 0 Å². The SMILES string of the molecule is Cc1[nH]nc2ccnc(N[C@H](C)C3CCCCC3)c12. The lowest BCUT2D eigenvalue weighted by atomic mass is 9.84. The molecule has 0 saturated heterocycles. The fourth-order valence-electron chi connectivity index (χ4n) is 3.19. The molecule has 2 N–H and O–H groups in total. The average molecular weight is 258 g/mol. The number of aromatic amines is 1. The summed E-state index contributed by atoms with van der Waals surface area (Å²) in [5.41, 5.74) is 2.08. The zero-order valence-corrected chi connectivity index (χ0v) is 11.7. The fourth-order valence-corrected chi connectivity index (χ4v) is 3.19. The Kier molecular flexibility index (Phi) is 3.40. The van der Waals surface area contributed by atoms with E-state index in [2.05, 4.69) is 27.4 Å². The van der Waals surface area contributed by atoms with Crippen LogP contribution in [0.2, 0.25) is 0 Å². The van der Waals surface area contributed by atoms with Crippen LogP contribution in [0.25, 0.3) is 10.9 Å². The smallest absolute Gasteiger partial charge is 0.137 e. The molecule has 0 spiro atoms. The number of aryl methyl sites for hydroxylation is 1. The third kappa shape index (κ3) is 2.44. The molecule has 19 heavy (non-hydrogen) atoms. The lowest BCUT2D eigenvalue weighted by Crippen LogP contribution is -2.28. The summed E-state index contributed by atoms with van der Waals surface area (Å²) in [6.45, 7) is 4.33. The molecule has 3 rings (SSSR count). The molecule has 2 aromatic heterocycles. The second kappa shape index (κ2) is 5.19. The number of rotatable bonds is 3. The van der Waals surface area contributed by atoms with Crippen LogP contribution in [-0.2, 0) is 0 Å². The first kappa shape index (κ1) is 12.5. The van der Waals surface area contributed by atoms with Crippen LogP contribution in [0.3, 0.4) is 0 Å². The number of hydrogen-bond donors (Lipinski definition) is 2. The number of pyridine rings is 1. The predicted molar refractivity (Wildman–Crippen MR) is 78.3 cm³/mol. The fraction of sp³-hybridized carbons (Fsp3) is 0.600. The van der Waals surface area contributed by atoms with E-state index in [-0.39, 0.29) is 0 Å². The Labute approximate surface area is 114 Å². The van der Waals surface area contributed by atoms with Crippen molar-refractivity contribution in [1.82, 2.24) is 15.2 Å². The highest BCUT2D eigenvalue weighted by Crippen LogP contribution is 2.29. The van der Waals surface area contributed by atoms with Crippen molar-refractivity contribution in [2.75, 3.05) is 5.32 Å². The van der Waals surface area contributed by atoms with Crippen molar-refractivity contribution in [3.05, 3.63) is 18.0 Å². The van der Waals surface area contributed by atoms with Crippen LogP contribution in [0.1, 0.15) is 44.7 Å². The van der Waals surface area contributed by atoms with Crippen LogP contribution in [0.5, 0.6) is 0 Å². The van der Waals surface area contributed by atoms with E-state index in [1.54, 1.807) is 0 Å². The highest BCUT2D eigenvalue weighted by molar-refractivity contribution is 5.91. The van der Waals surface area contributed by atoms with Crippen molar-refractivity contribution in [3.63, 3.8) is 0 Å². The van der Waals surface area contributed by atoms with E-state index in [1.165, 1.54) is 32.1 Å². The Bertz CT molecular complexity index is 554. The predicted octanol–water partition coefficient (Wildman–Crippen LogP) is 3.65. The van der Waals surface area contributed by atoms with E-state index in [4.69, 9.17) is 0 Å². The molecule has 1 aliphatic carbocycles. The van der Waals surface area contributed by atoms with Crippen molar-refractivity contribution in [2.24, 2.45) is 5.92 Å². The third-order valence-corrected chi connectivity index (χ3v) is 4.37. The van der Waals surface area contributed by atoms with Gasteiger partial charge in [-0.2, -0.15) is 5.10 Å². The molecule has 0 bridgehead atoms. The Morgan fingerprint density at radius 3 is 2.89 bits per heavy atom. The number of hydrogen-bond acceptors (Lipinski definition) is 3. The second-order valence-corrected chi connectivity index (χ2v) is 5.73. The Hall–Kier alpha value is -1.58.